The van der Waals surface area contributed by atoms with Crippen LogP contribution in [-0.4, -0.2) is 32.8 Å². The number of piperidine rings is 1. The molecule has 0 bridgehead atoms. The summed E-state index contributed by atoms with van der Waals surface area (Å²) in [7, 11) is 0. The van der Waals surface area contributed by atoms with Crippen LogP contribution >= 0.6 is 15.9 Å². The van der Waals surface area contributed by atoms with Crippen LogP contribution in [0.1, 0.15) is 24.6 Å². The van der Waals surface area contributed by atoms with Crippen LogP contribution in [0.2, 0.25) is 0 Å². The molecular weight excluding hydrogens is 354 g/mol. The number of fused-ring (bicyclic) bond motifs is 1. The lowest BCUT2D eigenvalue weighted by Gasteiger charge is -2.24. The van der Waals surface area contributed by atoms with Gasteiger partial charge in [-0.1, -0.05) is 6.07 Å². The van der Waals surface area contributed by atoms with Crippen LogP contribution in [0.5, 0.6) is 0 Å². The van der Waals surface area contributed by atoms with E-state index in [2.05, 4.69) is 42.9 Å². The van der Waals surface area contributed by atoms with E-state index in [4.69, 9.17) is 4.98 Å². The van der Waals surface area contributed by atoms with E-state index in [1.165, 1.54) is 0 Å². The highest BCUT2D eigenvalue weighted by Gasteiger charge is 2.20. The number of nitrogens with one attached hydrogen (secondary N) is 1. The Morgan fingerprint density at radius 1 is 1.22 bits per heavy atom. The maximum atomic E-state index is 4.79. The number of benzene rings is 1. The third-order valence-electron chi connectivity index (χ3n) is 4.50. The molecule has 5 nitrogen and oxygen atoms in total. The molecule has 6 heteroatoms. The van der Waals surface area contributed by atoms with Gasteiger partial charge in [0.15, 0.2) is 0 Å². The molecule has 1 aromatic carbocycles. The standard InChI is InChI=1S/C17H18BrN5/c1-11-13(9-21-23(11)12-5-7-19-8-6-12)16-10-20-15-4-2-3-14(18)17(15)22-16/h2-4,9-10,12,19H,5-8H2,1H3. The Morgan fingerprint density at radius 3 is 2.87 bits per heavy atom. The third kappa shape index (κ3) is 2.66. The Labute approximate surface area is 143 Å². The number of halogens is 1. The largest absolute Gasteiger partial charge is 0.317 e. The minimum Gasteiger partial charge on any atom is -0.317 e. The van der Waals surface area contributed by atoms with Gasteiger partial charge in [0.1, 0.15) is 5.52 Å². The summed E-state index contributed by atoms with van der Waals surface area (Å²) < 4.78 is 3.12. The minimum absolute atomic E-state index is 0.477. The Bertz CT molecular complexity index is 851. The van der Waals surface area contributed by atoms with Gasteiger partial charge in [-0.25, -0.2) is 4.98 Å². The second-order valence-electron chi connectivity index (χ2n) is 5.93. The van der Waals surface area contributed by atoms with E-state index in [-0.39, 0.29) is 0 Å². The fraction of sp³-hybridized carbons (Fsp3) is 0.353. The summed E-state index contributed by atoms with van der Waals surface area (Å²) >= 11 is 3.56. The van der Waals surface area contributed by atoms with E-state index in [1.54, 1.807) is 0 Å². The van der Waals surface area contributed by atoms with Crippen molar-refractivity contribution in [1.29, 1.82) is 0 Å². The number of aromatic nitrogens is 4. The minimum atomic E-state index is 0.477. The quantitative estimate of drug-likeness (QED) is 0.748. The van der Waals surface area contributed by atoms with Gasteiger partial charge in [0.25, 0.3) is 0 Å². The first-order valence-electron chi connectivity index (χ1n) is 7.90. The maximum Gasteiger partial charge on any atom is 0.104 e. The van der Waals surface area contributed by atoms with Crippen LogP contribution < -0.4 is 5.32 Å². The van der Waals surface area contributed by atoms with E-state index in [1.807, 2.05) is 30.6 Å². The molecule has 0 spiro atoms. The Kier molecular flexibility index (Phi) is 3.87. The maximum absolute atomic E-state index is 4.79. The molecule has 4 rings (SSSR count). The molecule has 3 aromatic rings. The van der Waals surface area contributed by atoms with Crippen LogP contribution in [0, 0.1) is 6.92 Å². The van der Waals surface area contributed by atoms with Crippen molar-refractivity contribution in [3.05, 3.63) is 40.8 Å². The van der Waals surface area contributed by atoms with Crippen molar-refractivity contribution < 1.29 is 0 Å². The lowest BCUT2D eigenvalue weighted by Crippen LogP contribution is -2.30. The lowest BCUT2D eigenvalue weighted by molar-refractivity contribution is 0.338. The van der Waals surface area contributed by atoms with Crippen molar-refractivity contribution >= 4 is 27.0 Å². The molecule has 1 aliphatic rings. The fourth-order valence-electron chi connectivity index (χ4n) is 3.22. The number of hydrogen-bond donors (Lipinski definition) is 1. The summed E-state index contributed by atoms with van der Waals surface area (Å²) in [5.41, 5.74) is 4.89. The average molecular weight is 372 g/mol. The van der Waals surface area contributed by atoms with Gasteiger partial charge in [-0.2, -0.15) is 5.10 Å². The van der Waals surface area contributed by atoms with Crippen LogP contribution in [0.4, 0.5) is 0 Å². The fourth-order valence-corrected chi connectivity index (χ4v) is 3.67. The Balaban J connectivity index is 1.76. The number of hydrogen-bond acceptors (Lipinski definition) is 4. The zero-order valence-corrected chi connectivity index (χ0v) is 14.5. The smallest absolute Gasteiger partial charge is 0.104 e. The van der Waals surface area contributed by atoms with Crippen molar-refractivity contribution in [3.8, 4) is 11.3 Å². The molecule has 1 fully saturated rings. The first-order valence-corrected chi connectivity index (χ1v) is 8.70. The summed E-state index contributed by atoms with van der Waals surface area (Å²) in [6.07, 6.45) is 6.00. The van der Waals surface area contributed by atoms with Gasteiger partial charge in [0.2, 0.25) is 0 Å². The molecule has 3 heterocycles. The molecule has 0 saturated carbocycles. The molecule has 0 aliphatic carbocycles. The Hall–Kier alpha value is -1.79. The summed E-state index contributed by atoms with van der Waals surface area (Å²) in [5, 5.41) is 8.03. The highest BCUT2D eigenvalue weighted by Crippen LogP contribution is 2.28. The van der Waals surface area contributed by atoms with Crippen LogP contribution in [0.3, 0.4) is 0 Å². The van der Waals surface area contributed by atoms with E-state index >= 15 is 0 Å². The van der Waals surface area contributed by atoms with Gasteiger partial charge in [-0.15, -0.1) is 0 Å². The van der Waals surface area contributed by atoms with E-state index < -0.39 is 0 Å². The Morgan fingerprint density at radius 2 is 2.04 bits per heavy atom. The molecule has 0 amide bonds. The SMILES string of the molecule is Cc1c(-c2cnc3cccc(Br)c3n2)cnn1C1CCNCC1. The highest BCUT2D eigenvalue weighted by molar-refractivity contribution is 9.10. The van der Waals surface area contributed by atoms with Crippen LogP contribution in [-0.2, 0) is 0 Å². The molecule has 0 radical (unpaired) electrons. The number of para-hydroxylation sites is 1. The van der Waals surface area contributed by atoms with E-state index in [9.17, 15) is 0 Å². The summed E-state index contributed by atoms with van der Waals surface area (Å²) in [5.74, 6) is 0. The number of rotatable bonds is 2. The number of nitrogens with zero attached hydrogens (tertiary/aromatic N) is 4. The molecule has 1 N–H and O–H groups in total. The van der Waals surface area contributed by atoms with Gasteiger partial charge in [-0.05, 0) is 60.9 Å². The predicted octanol–water partition coefficient (Wildman–Crippen LogP) is 3.49. The van der Waals surface area contributed by atoms with Gasteiger partial charge < -0.3 is 5.32 Å². The van der Waals surface area contributed by atoms with Crippen molar-refractivity contribution in [2.75, 3.05) is 13.1 Å². The third-order valence-corrected chi connectivity index (χ3v) is 5.14. The molecule has 1 aliphatic heterocycles. The summed E-state index contributed by atoms with van der Waals surface area (Å²) in [6.45, 7) is 4.24. The van der Waals surface area contributed by atoms with Crippen molar-refractivity contribution in [1.82, 2.24) is 25.1 Å². The first-order chi connectivity index (χ1) is 11.2. The highest BCUT2D eigenvalue weighted by atomic mass is 79.9. The second kappa shape index (κ2) is 6.02. The van der Waals surface area contributed by atoms with Gasteiger partial charge in [0.05, 0.1) is 29.6 Å². The molecule has 0 atom stereocenters. The van der Waals surface area contributed by atoms with Gasteiger partial charge in [0, 0.05) is 15.7 Å². The monoisotopic (exact) mass is 371 g/mol. The van der Waals surface area contributed by atoms with Gasteiger partial charge >= 0.3 is 0 Å². The molecule has 2 aromatic heterocycles. The lowest BCUT2D eigenvalue weighted by atomic mass is 10.1. The molecular formula is C17H18BrN5. The predicted molar refractivity (Wildman–Crippen MR) is 94.3 cm³/mol. The van der Waals surface area contributed by atoms with E-state index in [0.717, 1.165) is 58.4 Å². The molecule has 1 saturated heterocycles. The topological polar surface area (TPSA) is 55.6 Å². The normalized spacial score (nSPS) is 16.1. The summed E-state index contributed by atoms with van der Waals surface area (Å²) in [4.78, 5) is 9.33. The van der Waals surface area contributed by atoms with Crippen molar-refractivity contribution in [2.24, 2.45) is 0 Å². The second-order valence-corrected chi connectivity index (χ2v) is 6.79. The first kappa shape index (κ1) is 14.8. The molecule has 23 heavy (non-hydrogen) atoms. The zero-order chi connectivity index (χ0) is 15.8. The van der Waals surface area contributed by atoms with Gasteiger partial charge in [-0.3, -0.25) is 9.67 Å². The zero-order valence-electron chi connectivity index (χ0n) is 13.0. The van der Waals surface area contributed by atoms with Crippen LogP contribution in [0.15, 0.2) is 35.1 Å². The molecule has 118 valence electrons. The average Bonchev–Trinajstić information content (AvgIpc) is 2.97. The van der Waals surface area contributed by atoms with Crippen LogP contribution in [0.25, 0.3) is 22.3 Å². The van der Waals surface area contributed by atoms with Crippen molar-refractivity contribution in [3.63, 3.8) is 0 Å². The summed E-state index contributed by atoms with van der Waals surface area (Å²) in [6, 6.07) is 6.42. The van der Waals surface area contributed by atoms with Crippen molar-refractivity contribution in [2.45, 2.75) is 25.8 Å². The van der Waals surface area contributed by atoms with E-state index in [0.29, 0.717) is 6.04 Å². The molecule has 0 unspecified atom stereocenters.